The average Bonchev–Trinajstić information content (AvgIpc) is 3.43. The molecule has 0 radical (unpaired) electrons. The maximum atomic E-state index is 13.2. The molecule has 1 heterocycles. The first-order valence-electron chi connectivity index (χ1n) is 14.1. The molecule has 12 heteroatoms. The van der Waals surface area contributed by atoms with Crippen LogP contribution in [0.2, 0.25) is 5.02 Å². The van der Waals surface area contributed by atoms with Crippen LogP contribution in [0.1, 0.15) is 58.2 Å². The van der Waals surface area contributed by atoms with E-state index in [1.165, 1.54) is 43.5 Å². The van der Waals surface area contributed by atoms with Crippen molar-refractivity contribution in [2.45, 2.75) is 49.5 Å². The molecule has 0 unspecified atom stereocenters. The number of carbonyl (C=O) groups is 2. The number of carboxylic acid groups (broad SMARTS) is 1. The summed E-state index contributed by atoms with van der Waals surface area (Å²) in [6, 6.07) is 17.7. The molecule has 0 saturated heterocycles. The van der Waals surface area contributed by atoms with Crippen LogP contribution in [0.25, 0.3) is 0 Å². The van der Waals surface area contributed by atoms with Crippen molar-refractivity contribution in [3.05, 3.63) is 99.0 Å². The first kappa shape index (κ1) is 31.5. The smallest absolute Gasteiger partial charge is 0.341 e. The highest BCUT2D eigenvalue weighted by Crippen LogP contribution is 2.36. The predicted octanol–water partition coefficient (Wildman–Crippen LogP) is 6.77. The molecule has 44 heavy (non-hydrogen) atoms. The number of halogens is 1. The Labute approximate surface area is 264 Å². The molecule has 0 atom stereocenters. The number of nitrogens with one attached hydrogen (secondary N) is 1. The summed E-state index contributed by atoms with van der Waals surface area (Å²) >= 11 is 7.44. The summed E-state index contributed by atoms with van der Waals surface area (Å²) in [4.78, 5) is 29.3. The van der Waals surface area contributed by atoms with Gasteiger partial charge in [-0.15, -0.1) is 11.3 Å². The van der Waals surface area contributed by atoms with Crippen molar-refractivity contribution in [2.75, 3.05) is 17.7 Å². The summed E-state index contributed by atoms with van der Waals surface area (Å²) in [6.45, 7) is -0.296. The van der Waals surface area contributed by atoms with E-state index in [0.29, 0.717) is 41.7 Å². The van der Waals surface area contributed by atoms with Gasteiger partial charge in [-0.25, -0.2) is 18.2 Å². The zero-order valence-corrected chi connectivity index (χ0v) is 26.1. The highest BCUT2D eigenvalue weighted by Gasteiger charge is 2.22. The quantitative estimate of drug-likeness (QED) is 0.152. The lowest BCUT2D eigenvalue weighted by molar-refractivity contribution is -0.139. The number of benzene rings is 3. The number of aliphatic carboxylic acids is 1. The van der Waals surface area contributed by atoms with Gasteiger partial charge >= 0.3 is 5.97 Å². The van der Waals surface area contributed by atoms with Crippen LogP contribution in [0.5, 0.6) is 11.5 Å². The third kappa shape index (κ3) is 8.37. The fourth-order valence-corrected chi connectivity index (χ4v) is 6.90. The zero-order valence-electron chi connectivity index (χ0n) is 23.7. The van der Waals surface area contributed by atoms with Crippen LogP contribution in [0, 0.1) is 0 Å². The topological polar surface area (TPSA) is 132 Å². The molecule has 0 spiro atoms. The minimum atomic E-state index is -3.50. The lowest BCUT2D eigenvalue weighted by atomic mass is 9.83. The monoisotopic (exact) mass is 654 g/mol. The van der Waals surface area contributed by atoms with E-state index >= 15 is 0 Å². The van der Waals surface area contributed by atoms with Gasteiger partial charge in [-0.05, 0) is 85.8 Å². The third-order valence-corrected chi connectivity index (χ3v) is 10.2. The molecule has 3 aromatic carbocycles. The maximum Gasteiger partial charge on any atom is 0.341 e. The summed E-state index contributed by atoms with van der Waals surface area (Å²) in [5.41, 5.74) is 2.47. The Balaban J connectivity index is 1.24. The minimum Gasteiger partial charge on any atom is -0.486 e. The summed E-state index contributed by atoms with van der Waals surface area (Å²) in [5, 5.41) is 15.3. The molecule has 0 bridgehead atoms. The van der Waals surface area contributed by atoms with Crippen molar-refractivity contribution >= 4 is 50.3 Å². The molecule has 230 valence electrons. The van der Waals surface area contributed by atoms with Gasteiger partial charge in [0.25, 0.3) is 5.91 Å². The van der Waals surface area contributed by atoms with Gasteiger partial charge in [-0.1, -0.05) is 30.2 Å². The molecule has 1 amide bonds. The third-order valence-electron chi connectivity index (χ3n) is 7.25. The molecule has 2 N–H and O–H groups in total. The SMILES string of the molecule is O=C(O)COc1ccc(CCCS(=O)(=O)c2ccc(Cl)cc2)cc1NC(=O)c1cccc(OCc2nc(C3CCC3)cs2)c1. The van der Waals surface area contributed by atoms with Gasteiger partial charge in [0.05, 0.1) is 22.0 Å². The zero-order chi connectivity index (χ0) is 31.1. The van der Waals surface area contributed by atoms with Gasteiger partial charge in [-0.3, -0.25) is 4.79 Å². The first-order chi connectivity index (χ1) is 21.2. The molecule has 1 aromatic heterocycles. The van der Waals surface area contributed by atoms with E-state index in [4.69, 9.17) is 26.2 Å². The Kier molecular flexibility index (Phi) is 10.2. The predicted molar refractivity (Wildman–Crippen MR) is 169 cm³/mol. The van der Waals surface area contributed by atoms with E-state index in [-0.39, 0.29) is 22.1 Å². The van der Waals surface area contributed by atoms with Gasteiger partial charge in [0.15, 0.2) is 16.4 Å². The Hall–Kier alpha value is -3.93. The number of rotatable bonds is 14. The Morgan fingerprint density at radius 3 is 2.57 bits per heavy atom. The van der Waals surface area contributed by atoms with Gasteiger partial charge in [0.1, 0.15) is 23.1 Å². The van der Waals surface area contributed by atoms with Crippen LogP contribution < -0.4 is 14.8 Å². The molecular weight excluding hydrogens is 624 g/mol. The lowest BCUT2D eigenvalue weighted by Crippen LogP contribution is -2.15. The Morgan fingerprint density at radius 2 is 1.84 bits per heavy atom. The summed E-state index contributed by atoms with van der Waals surface area (Å²) < 4.78 is 36.8. The number of thiazole rings is 1. The van der Waals surface area contributed by atoms with Crippen LogP contribution in [0.3, 0.4) is 0 Å². The number of aromatic nitrogens is 1. The van der Waals surface area contributed by atoms with Crippen molar-refractivity contribution in [3.8, 4) is 11.5 Å². The van der Waals surface area contributed by atoms with E-state index in [0.717, 1.165) is 16.3 Å². The van der Waals surface area contributed by atoms with E-state index in [1.54, 1.807) is 53.8 Å². The number of amides is 1. The highest BCUT2D eigenvalue weighted by molar-refractivity contribution is 7.91. The van der Waals surface area contributed by atoms with Crippen molar-refractivity contribution in [2.24, 2.45) is 0 Å². The van der Waals surface area contributed by atoms with E-state index in [1.807, 2.05) is 0 Å². The number of ether oxygens (including phenoxy) is 2. The van der Waals surface area contributed by atoms with E-state index < -0.39 is 28.3 Å². The lowest BCUT2D eigenvalue weighted by Gasteiger charge is -2.22. The number of aryl methyl sites for hydroxylation is 1. The highest BCUT2D eigenvalue weighted by atomic mass is 35.5. The summed E-state index contributed by atoms with van der Waals surface area (Å²) in [5.74, 6) is -0.447. The normalized spacial score (nSPS) is 13.2. The van der Waals surface area contributed by atoms with Crippen molar-refractivity contribution in [3.63, 3.8) is 0 Å². The molecule has 9 nitrogen and oxygen atoms in total. The van der Waals surface area contributed by atoms with Crippen LogP contribution in [-0.4, -0.2) is 42.7 Å². The van der Waals surface area contributed by atoms with Crippen molar-refractivity contribution < 1.29 is 32.6 Å². The summed E-state index contributed by atoms with van der Waals surface area (Å²) in [6.07, 6.45) is 4.33. The molecule has 1 fully saturated rings. The number of anilines is 1. The standard InChI is InChI=1S/C32H31ClN2O7S2/c33-24-10-12-26(13-11-24)44(39,40)15-3-4-21-9-14-29(42-19-31(36)37)27(16-21)35-32(38)23-7-2-8-25(17-23)41-18-30-34-28(20-43-30)22-5-1-6-22/h2,7-14,16-17,20,22H,1,3-6,15,18-19H2,(H,35,38)(H,36,37). The van der Waals surface area contributed by atoms with Crippen molar-refractivity contribution in [1.82, 2.24) is 4.98 Å². The molecule has 1 aliphatic carbocycles. The number of sulfone groups is 1. The molecule has 1 aliphatic rings. The fraction of sp³-hybridized carbons (Fsp3) is 0.281. The van der Waals surface area contributed by atoms with E-state index in [2.05, 4.69) is 15.7 Å². The second-order valence-corrected chi connectivity index (χ2v) is 13.9. The number of nitrogens with zero attached hydrogens (tertiary/aromatic N) is 1. The Morgan fingerprint density at radius 1 is 1.05 bits per heavy atom. The molecule has 1 saturated carbocycles. The fourth-order valence-electron chi connectivity index (χ4n) is 4.67. The molecule has 4 aromatic rings. The minimum absolute atomic E-state index is 0.0801. The van der Waals surface area contributed by atoms with Gasteiger partial charge in [0, 0.05) is 21.9 Å². The number of carbonyl (C=O) groups excluding carboxylic acids is 1. The van der Waals surface area contributed by atoms with Crippen LogP contribution in [-0.2, 0) is 27.7 Å². The first-order valence-corrected chi connectivity index (χ1v) is 17.0. The maximum absolute atomic E-state index is 13.2. The summed E-state index contributed by atoms with van der Waals surface area (Å²) in [7, 11) is -3.50. The van der Waals surface area contributed by atoms with Crippen molar-refractivity contribution in [1.29, 1.82) is 0 Å². The second-order valence-electron chi connectivity index (χ2n) is 10.5. The second kappa shape index (κ2) is 14.2. The number of hydrogen-bond acceptors (Lipinski definition) is 8. The van der Waals surface area contributed by atoms with Gasteiger partial charge in [0.2, 0.25) is 0 Å². The van der Waals surface area contributed by atoms with Gasteiger partial charge < -0.3 is 19.9 Å². The molecule has 5 rings (SSSR count). The van der Waals surface area contributed by atoms with Gasteiger partial charge in [-0.2, -0.15) is 0 Å². The number of hydrogen-bond donors (Lipinski definition) is 2. The number of carboxylic acids is 1. The average molecular weight is 655 g/mol. The van der Waals surface area contributed by atoms with E-state index in [9.17, 15) is 18.0 Å². The van der Waals surface area contributed by atoms with Crippen LogP contribution in [0.15, 0.2) is 77.0 Å². The molecule has 0 aliphatic heterocycles. The van der Waals surface area contributed by atoms with Crippen LogP contribution >= 0.6 is 22.9 Å². The van der Waals surface area contributed by atoms with Crippen LogP contribution in [0.4, 0.5) is 5.69 Å². The largest absolute Gasteiger partial charge is 0.486 e. The molecular formula is C32H31ClN2O7S2. The Bertz CT molecular complexity index is 1740.